The number of anilines is 1. The maximum atomic E-state index is 5.79. The summed E-state index contributed by atoms with van der Waals surface area (Å²) < 4.78 is 0.913. The third-order valence-corrected chi connectivity index (χ3v) is 2.70. The molecule has 0 spiro atoms. The molecule has 0 unspecified atom stereocenters. The third kappa shape index (κ3) is 1.55. The van der Waals surface area contributed by atoms with Gasteiger partial charge in [0, 0.05) is 16.9 Å². The summed E-state index contributed by atoms with van der Waals surface area (Å²) in [6.07, 6.45) is 0. The highest BCUT2D eigenvalue weighted by Gasteiger charge is 2.06. The Morgan fingerprint density at radius 2 is 2.14 bits per heavy atom. The minimum absolute atomic E-state index is 0.244. The largest absolute Gasteiger partial charge is 0.372 e. The standard InChI is InChI=1S/C9H7BrClN3/c1-12-8-5-3-2-4-6(10)7(5)13-9(11)14-8/h2-4H,1H3,(H,12,13,14). The van der Waals surface area contributed by atoms with Crippen molar-refractivity contribution in [3.8, 4) is 0 Å². The number of fused-ring (bicyclic) bond motifs is 1. The van der Waals surface area contributed by atoms with E-state index >= 15 is 0 Å². The molecule has 72 valence electrons. The second-order valence-electron chi connectivity index (χ2n) is 2.73. The first-order valence-electron chi connectivity index (χ1n) is 4.02. The van der Waals surface area contributed by atoms with E-state index in [4.69, 9.17) is 11.6 Å². The molecule has 0 aliphatic heterocycles. The summed E-state index contributed by atoms with van der Waals surface area (Å²) in [5, 5.41) is 4.18. The fourth-order valence-electron chi connectivity index (χ4n) is 1.28. The molecule has 1 aromatic heterocycles. The molecule has 1 heterocycles. The molecule has 0 fully saturated rings. The van der Waals surface area contributed by atoms with E-state index < -0.39 is 0 Å². The molecule has 0 aliphatic carbocycles. The fraction of sp³-hybridized carbons (Fsp3) is 0.111. The lowest BCUT2D eigenvalue weighted by atomic mass is 10.2. The Bertz CT molecular complexity index is 487. The molecule has 1 N–H and O–H groups in total. The first kappa shape index (κ1) is 9.68. The summed E-state index contributed by atoms with van der Waals surface area (Å²) in [7, 11) is 1.80. The molecule has 14 heavy (non-hydrogen) atoms. The van der Waals surface area contributed by atoms with Crippen molar-refractivity contribution in [3.63, 3.8) is 0 Å². The number of nitrogens with one attached hydrogen (secondary N) is 1. The first-order chi connectivity index (χ1) is 6.72. The average molecular weight is 273 g/mol. The van der Waals surface area contributed by atoms with Crippen LogP contribution in [0.25, 0.3) is 10.9 Å². The number of hydrogen-bond acceptors (Lipinski definition) is 3. The Morgan fingerprint density at radius 1 is 1.36 bits per heavy atom. The van der Waals surface area contributed by atoms with E-state index in [1.54, 1.807) is 7.05 Å². The fourth-order valence-corrected chi connectivity index (χ4v) is 1.90. The van der Waals surface area contributed by atoms with E-state index in [9.17, 15) is 0 Å². The molecule has 1 aromatic carbocycles. The van der Waals surface area contributed by atoms with E-state index in [1.807, 2.05) is 18.2 Å². The van der Waals surface area contributed by atoms with Crippen LogP contribution < -0.4 is 5.32 Å². The van der Waals surface area contributed by atoms with Crippen LogP contribution in [0, 0.1) is 0 Å². The van der Waals surface area contributed by atoms with Crippen LogP contribution >= 0.6 is 27.5 Å². The van der Waals surface area contributed by atoms with Crippen molar-refractivity contribution in [2.75, 3.05) is 12.4 Å². The molecule has 0 saturated heterocycles. The van der Waals surface area contributed by atoms with Gasteiger partial charge in [-0.1, -0.05) is 6.07 Å². The van der Waals surface area contributed by atoms with Crippen molar-refractivity contribution in [2.24, 2.45) is 0 Å². The van der Waals surface area contributed by atoms with Crippen molar-refractivity contribution in [1.29, 1.82) is 0 Å². The van der Waals surface area contributed by atoms with Gasteiger partial charge in [-0.25, -0.2) is 9.97 Å². The maximum Gasteiger partial charge on any atom is 0.224 e. The van der Waals surface area contributed by atoms with Crippen molar-refractivity contribution in [2.45, 2.75) is 0 Å². The van der Waals surface area contributed by atoms with Gasteiger partial charge >= 0.3 is 0 Å². The van der Waals surface area contributed by atoms with Gasteiger partial charge in [-0.2, -0.15) is 0 Å². The van der Waals surface area contributed by atoms with Gasteiger partial charge in [-0.3, -0.25) is 0 Å². The SMILES string of the molecule is CNc1nc(Cl)nc2c(Br)cccc12. The second-order valence-corrected chi connectivity index (χ2v) is 3.92. The van der Waals surface area contributed by atoms with Crippen LogP contribution in [0.4, 0.5) is 5.82 Å². The highest BCUT2D eigenvalue weighted by atomic mass is 79.9. The van der Waals surface area contributed by atoms with Crippen LogP contribution in [0.5, 0.6) is 0 Å². The lowest BCUT2D eigenvalue weighted by molar-refractivity contribution is 1.21. The van der Waals surface area contributed by atoms with Crippen molar-refractivity contribution < 1.29 is 0 Å². The highest BCUT2D eigenvalue weighted by molar-refractivity contribution is 9.10. The smallest absolute Gasteiger partial charge is 0.224 e. The highest BCUT2D eigenvalue weighted by Crippen LogP contribution is 2.27. The van der Waals surface area contributed by atoms with Crippen LogP contribution in [0.1, 0.15) is 0 Å². The molecule has 0 radical (unpaired) electrons. The van der Waals surface area contributed by atoms with Crippen molar-refractivity contribution >= 4 is 44.3 Å². The van der Waals surface area contributed by atoms with Crippen LogP contribution in [0.2, 0.25) is 5.28 Å². The molecule has 3 nitrogen and oxygen atoms in total. The molecule has 0 amide bonds. The summed E-state index contributed by atoms with van der Waals surface area (Å²) in [5.41, 5.74) is 0.817. The number of para-hydroxylation sites is 1. The Kier molecular flexibility index (Phi) is 2.56. The maximum absolute atomic E-state index is 5.79. The Hall–Kier alpha value is -0.870. The molecule has 0 aliphatic rings. The second kappa shape index (κ2) is 3.71. The number of nitrogens with zero attached hydrogens (tertiary/aromatic N) is 2. The van der Waals surface area contributed by atoms with Gasteiger partial charge in [0.15, 0.2) is 0 Å². The predicted molar refractivity (Wildman–Crippen MR) is 61.8 cm³/mol. The zero-order chi connectivity index (χ0) is 10.1. The Morgan fingerprint density at radius 3 is 2.86 bits per heavy atom. The Labute approximate surface area is 94.6 Å². The van der Waals surface area contributed by atoms with Crippen LogP contribution in [-0.2, 0) is 0 Å². The molecule has 2 rings (SSSR count). The van der Waals surface area contributed by atoms with Gasteiger partial charge in [0.2, 0.25) is 5.28 Å². The van der Waals surface area contributed by atoms with E-state index in [0.29, 0.717) is 0 Å². The van der Waals surface area contributed by atoms with Crippen LogP contribution in [0.15, 0.2) is 22.7 Å². The minimum atomic E-state index is 0.244. The first-order valence-corrected chi connectivity index (χ1v) is 5.19. The predicted octanol–water partition coefficient (Wildman–Crippen LogP) is 3.09. The topological polar surface area (TPSA) is 37.8 Å². The Balaban J connectivity index is 2.87. The number of rotatable bonds is 1. The molecule has 5 heteroatoms. The van der Waals surface area contributed by atoms with Crippen LogP contribution in [0.3, 0.4) is 0 Å². The molecule has 0 bridgehead atoms. The number of aromatic nitrogens is 2. The number of benzene rings is 1. The lowest BCUT2D eigenvalue weighted by Crippen LogP contribution is -1.96. The quantitative estimate of drug-likeness (QED) is 0.811. The van der Waals surface area contributed by atoms with Crippen LogP contribution in [-0.4, -0.2) is 17.0 Å². The van der Waals surface area contributed by atoms with Gasteiger partial charge in [0.25, 0.3) is 0 Å². The van der Waals surface area contributed by atoms with Gasteiger partial charge in [-0.15, -0.1) is 0 Å². The molecule has 0 saturated carbocycles. The summed E-state index contributed by atoms with van der Waals surface area (Å²) in [4.78, 5) is 8.23. The van der Waals surface area contributed by atoms with Crippen molar-refractivity contribution in [1.82, 2.24) is 9.97 Å². The molecular formula is C9H7BrClN3. The van der Waals surface area contributed by atoms with Gasteiger partial charge < -0.3 is 5.32 Å². The zero-order valence-corrected chi connectivity index (χ0v) is 9.72. The van der Waals surface area contributed by atoms with E-state index in [0.717, 1.165) is 21.2 Å². The molecule has 0 atom stereocenters. The summed E-state index contributed by atoms with van der Waals surface area (Å²) in [6.45, 7) is 0. The third-order valence-electron chi connectivity index (χ3n) is 1.89. The summed E-state index contributed by atoms with van der Waals surface area (Å²) in [5.74, 6) is 0.737. The van der Waals surface area contributed by atoms with Crippen molar-refractivity contribution in [3.05, 3.63) is 28.0 Å². The van der Waals surface area contributed by atoms with Gasteiger partial charge in [0.05, 0.1) is 5.52 Å². The number of hydrogen-bond donors (Lipinski definition) is 1. The molecule has 2 aromatic rings. The summed E-state index contributed by atoms with van der Waals surface area (Å²) >= 11 is 9.21. The monoisotopic (exact) mass is 271 g/mol. The zero-order valence-electron chi connectivity index (χ0n) is 7.38. The molecular weight excluding hydrogens is 265 g/mol. The van der Waals surface area contributed by atoms with Gasteiger partial charge in [0.1, 0.15) is 5.82 Å². The van der Waals surface area contributed by atoms with E-state index in [1.165, 1.54) is 0 Å². The summed E-state index contributed by atoms with van der Waals surface area (Å²) in [6, 6.07) is 5.80. The van der Waals surface area contributed by atoms with E-state index in [-0.39, 0.29) is 5.28 Å². The average Bonchev–Trinajstić information content (AvgIpc) is 2.18. The van der Waals surface area contributed by atoms with Gasteiger partial charge in [-0.05, 0) is 39.7 Å². The van der Waals surface area contributed by atoms with E-state index in [2.05, 4.69) is 31.2 Å². The normalized spacial score (nSPS) is 10.5. The number of halogens is 2. The minimum Gasteiger partial charge on any atom is -0.372 e. The lowest BCUT2D eigenvalue weighted by Gasteiger charge is -2.05.